The molecule has 156 valence electrons. The second-order valence-electron chi connectivity index (χ2n) is 7.18. The number of hydrogen-bond donors (Lipinski definition) is 1. The van der Waals surface area contributed by atoms with E-state index in [0.29, 0.717) is 26.3 Å². The normalized spacial score (nSPS) is 11.5. The highest BCUT2D eigenvalue weighted by Crippen LogP contribution is 2.33. The van der Waals surface area contributed by atoms with Crippen LogP contribution in [0.1, 0.15) is 16.8 Å². The lowest BCUT2D eigenvalue weighted by Gasteiger charge is -2.03. The van der Waals surface area contributed by atoms with Gasteiger partial charge in [0.1, 0.15) is 5.69 Å². The number of carbonyl (C=O) groups excluding carboxylic acids is 1. The van der Waals surface area contributed by atoms with Crippen LogP contribution in [0.3, 0.4) is 0 Å². The summed E-state index contributed by atoms with van der Waals surface area (Å²) in [5.41, 5.74) is 4.83. The largest absolute Gasteiger partial charge is 0.356 e. The van der Waals surface area contributed by atoms with Crippen LogP contribution < -0.4 is 5.32 Å². The van der Waals surface area contributed by atoms with Crippen LogP contribution in [0.5, 0.6) is 0 Å². The van der Waals surface area contributed by atoms with Crippen LogP contribution in [0.2, 0.25) is 10.0 Å². The van der Waals surface area contributed by atoms with Crippen LogP contribution in [0.4, 0.5) is 5.95 Å². The van der Waals surface area contributed by atoms with Crippen LogP contribution in [-0.2, 0) is 11.2 Å². The van der Waals surface area contributed by atoms with Gasteiger partial charge in [-0.3, -0.25) is 10.1 Å². The SMILES string of the molecule is Cc1cc(C)c2c(CC(=O)Nc3nc4scc(-c5cc(Cl)ccc5Cl)n4n3)noc2c1. The molecule has 0 bridgehead atoms. The fourth-order valence-electron chi connectivity index (χ4n) is 3.58. The molecule has 0 aliphatic carbocycles. The number of carbonyl (C=O) groups is 1. The number of fused-ring (bicyclic) bond motifs is 2. The van der Waals surface area contributed by atoms with E-state index in [1.54, 1.807) is 22.7 Å². The Morgan fingerprint density at radius 2 is 2.06 bits per heavy atom. The Hall–Kier alpha value is -2.94. The van der Waals surface area contributed by atoms with Gasteiger partial charge in [0, 0.05) is 21.4 Å². The Balaban J connectivity index is 1.41. The van der Waals surface area contributed by atoms with Crippen molar-refractivity contribution in [3.8, 4) is 11.3 Å². The number of halogens is 2. The molecule has 3 aromatic heterocycles. The van der Waals surface area contributed by atoms with Crippen molar-refractivity contribution < 1.29 is 9.32 Å². The first-order chi connectivity index (χ1) is 14.9. The molecular weight excluding hydrogens is 457 g/mol. The molecule has 0 aliphatic heterocycles. The van der Waals surface area contributed by atoms with E-state index in [4.69, 9.17) is 27.7 Å². The monoisotopic (exact) mass is 471 g/mol. The number of rotatable bonds is 4. The molecule has 1 N–H and O–H groups in total. The number of aryl methyl sites for hydroxylation is 2. The molecule has 1 amide bonds. The van der Waals surface area contributed by atoms with Gasteiger partial charge in [0.15, 0.2) is 5.58 Å². The Morgan fingerprint density at radius 1 is 1.23 bits per heavy atom. The molecule has 0 saturated heterocycles. The molecule has 0 unspecified atom stereocenters. The lowest BCUT2D eigenvalue weighted by atomic mass is 10.0. The van der Waals surface area contributed by atoms with Crippen LogP contribution in [0.25, 0.3) is 27.2 Å². The predicted octanol–water partition coefficient (Wildman–Crippen LogP) is 5.70. The molecule has 7 nitrogen and oxygen atoms in total. The Morgan fingerprint density at radius 3 is 2.90 bits per heavy atom. The van der Waals surface area contributed by atoms with E-state index in [1.165, 1.54) is 11.3 Å². The van der Waals surface area contributed by atoms with Gasteiger partial charge < -0.3 is 4.52 Å². The molecule has 0 aliphatic rings. The van der Waals surface area contributed by atoms with E-state index in [0.717, 1.165) is 27.8 Å². The molecule has 3 heterocycles. The first kappa shape index (κ1) is 20.0. The van der Waals surface area contributed by atoms with E-state index < -0.39 is 0 Å². The first-order valence-corrected chi connectivity index (χ1v) is 11.0. The van der Waals surface area contributed by atoms with Gasteiger partial charge in [-0.1, -0.05) is 34.4 Å². The van der Waals surface area contributed by atoms with Gasteiger partial charge in [-0.15, -0.1) is 16.4 Å². The van der Waals surface area contributed by atoms with Crippen molar-refractivity contribution in [3.63, 3.8) is 0 Å². The maximum Gasteiger partial charge on any atom is 0.250 e. The third-order valence-corrected chi connectivity index (χ3v) is 6.23. The molecule has 0 saturated carbocycles. The number of thiazole rings is 1. The average Bonchev–Trinajstić information content (AvgIpc) is 3.38. The van der Waals surface area contributed by atoms with Gasteiger partial charge in [0.2, 0.25) is 16.8 Å². The third kappa shape index (κ3) is 3.67. The molecule has 0 radical (unpaired) electrons. The standard InChI is InChI=1S/C21H15Cl2N5O2S/c1-10-5-11(2)19-15(27-30-17(19)6-10)8-18(29)24-20-25-21-28(26-20)16(9-31-21)13-7-12(22)3-4-14(13)23/h3-7,9H,8H2,1-2H3,(H,24,26,29). The smallest absolute Gasteiger partial charge is 0.250 e. The summed E-state index contributed by atoms with van der Waals surface area (Å²) < 4.78 is 7.03. The molecule has 5 aromatic rings. The molecule has 0 fully saturated rings. The summed E-state index contributed by atoms with van der Waals surface area (Å²) in [6.45, 7) is 3.96. The summed E-state index contributed by atoms with van der Waals surface area (Å²) in [6, 6.07) is 9.17. The summed E-state index contributed by atoms with van der Waals surface area (Å²) in [4.78, 5) is 17.7. The zero-order valence-electron chi connectivity index (χ0n) is 16.4. The number of aromatic nitrogens is 4. The van der Waals surface area contributed by atoms with Crippen molar-refractivity contribution in [1.82, 2.24) is 19.8 Å². The lowest BCUT2D eigenvalue weighted by molar-refractivity contribution is -0.115. The van der Waals surface area contributed by atoms with Crippen molar-refractivity contribution in [2.24, 2.45) is 0 Å². The van der Waals surface area contributed by atoms with Crippen molar-refractivity contribution in [1.29, 1.82) is 0 Å². The number of nitrogens with zero attached hydrogens (tertiary/aromatic N) is 4. The zero-order valence-corrected chi connectivity index (χ0v) is 18.8. The summed E-state index contributed by atoms with van der Waals surface area (Å²) in [5, 5.41) is 15.1. The maximum absolute atomic E-state index is 12.6. The summed E-state index contributed by atoms with van der Waals surface area (Å²) in [5.74, 6) is -0.0765. The van der Waals surface area contributed by atoms with Crippen LogP contribution in [0, 0.1) is 13.8 Å². The summed E-state index contributed by atoms with van der Waals surface area (Å²) >= 11 is 13.8. The summed E-state index contributed by atoms with van der Waals surface area (Å²) in [7, 11) is 0. The molecule has 0 spiro atoms. The summed E-state index contributed by atoms with van der Waals surface area (Å²) in [6.07, 6.45) is 0.0523. The number of benzene rings is 2. The number of hydrogen-bond acceptors (Lipinski definition) is 6. The van der Waals surface area contributed by atoms with Crippen LogP contribution >= 0.6 is 34.5 Å². The molecule has 31 heavy (non-hydrogen) atoms. The first-order valence-electron chi connectivity index (χ1n) is 9.34. The van der Waals surface area contributed by atoms with E-state index in [2.05, 4.69) is 20.6 Å². The van der Waals surface area contributed by atoms with Crippen molar-refractivity contribution in [2.75, 3.05) is 5.32 Å². The Bertz CT molecular complexity index is 1470. The van der Waals surface area contributed by atoms with E-state index in [9.17, 15) is 4.79 Å². The number of amides is 1. The molecular formula is C21H15Cl2N5O2S. The third-order valence-electron chi connectivity index (χ3n) is 4.85. The Kier molecular flexibility index (Phi) is 4.92. The van der Waals surface area contributed by atoms with Crippen molar-refractivity contribution in [3.05, 3.63) is 62.6 Å². The van der Waals surface area contributed by atoms with Crippen LogP contribution in [-0.4, -0.2) is 25.7 Å². The maximum atomic E-state index is 12.6. The number of nitrogens with one attached hydrogen (secondary N) is 1. The highest BCUT2D eigenvalue weighted by molar-refractivity contribution is 7.15. The highest BCUT2D eigenvalue weighted by Gasteiger charge is 2.18. The van der Waals surface area contributed by atoms with E-state index in [-0.39, 0.29) is 18.3 Å². The quantitative estimate of drug-likeness (QED) is 0.363. The second-order valence-corrected chi connectivity index (χ2v) is 8.86. The number of anilines is 1. The van der Waals surface area contributed by atoms with Gasteiger partial charge in [-0.05, 0) is 49.2 Å². The highest BCUT2D eigenvalue weighted by atomic mass is 35.5. The lowest BCUT2D eigenvalue weighted by Crippen LogP contribution is -2.16. The van der Waals surface area contributed by atoms with E-state index >= 15 is 0 Å². The molecule has 10 heteroatoms. The fraction of sp³-hybridized carbons (Fsp3) is 0.143. The fourth-order valence-corrected chi connectivity index (χ4v) is 4.78. The van der Waals surface area contributed by atoms with Crippen LogP contribution in [0.15, 0.2) is 40.2 Å². The minimum Gasteiger partial charge on any atom is -0.356 e. The minimum absolute atomic E-state index is 0.0523. The Labute approximate surface area is 190 Å². The molecule has 2 aromatic carbocycles. The van der Waals surface area contributed by atoms with Gasteiger partial charge in [0.05, 0.1) is 17.1 Å². The van der Waals surface area contributed by atoms with Gasteiger partial charge in [-0.2, -0.15) is 4.98 Å². The van der Waals surface area contributed by atoms with Crippen molar-refractivity contribution >= 4 is 62.3 Å². The van der Waals surface area contributed by atoms with Gasteiger partial charge in [-0.25, -0.2) is 4.52 Å². The van der Waals surface area contributed by atoms with E-state index in [1.807, 2.05) is 31.4 Å². The molecule has 0 atom stereocenters. The average molecular weight is 472 g/mol. The zero-order chi connectivity index (χ0) is 21.7. The topological polar surface area (TPSA) is 85.3 Å². The van der Waals surface area contributed by atoms with Gasteiger partial charge in [0.25, 0.3) is 0 Å². The predicted molar refractivity (Wildman–Crippen MR) is 122 cm³/mol. The second kappa shape index (κ2) is 7.64. The molecule has 5 rings (SSSR count). The van der Waals surface area contributed by atoms with Crippen molar-refractivity contribution in [2.45, 2.75) is 20.3 Å². The minimum atomic E-state index is -0.282. The van der Waals surface area contributed by atoms with Gasteiger partial charge >= 0.3 is 0 Å².